The number of unbranched alkanes of at least 4 members (excludes halogenated alkanes) is 1. The van der Waals surface area contributed by atoms with Gasteiger partial charge in [-0.3, -0.25) is 28.8 Å². The minimum Gasteiger partial charge on any atom is -0.368 e. The van der Waals surface area contributed by atoms with E-state index in [0.717, 1.165) is 29.3 Å². The first-order valence-corrected chi connectivity index (χ1v) is 17.7. The fourth-order valence-corrected chi connectivity index (χ4v) is 6.88. The van der Waals surface area contributed by atoms with Crippen LogP contribution in [0.1, 0.15) is 70.8 Å². The van der Waals surface area contributed by atoms with Crippen LogP contribution in [-0.2, 0) is 35.2 Å². The summed E-state index contributed by atoms with van der Waals surface area (Å²) in [6, 6.07) is 3.39. The van der Waals surface area contributed by atoms with Gasteiger partial charge in [-0.05, 0) is 69.0 Å². The highest BCUT2D eigenvalue weighted by molar-refractivity contribution is 5.96. The lowest BCUT2D eigenvalue weighted by Crippen LogP contribution is -2.56. The standard InChI is InChI=1S/C35H53N9O6/c1-21(2)17-27(32(47)42-26(31(38)46)18-22-19-39-25-11-4-3-9-23(22)25)41-30(45)20-40-33(48)28-12-7-15-43(28)35(50)29-13-8-16-44(29)34(49)24(37)10-5-6-14-36/h3-4,9,11,19,21,24,26-29,39H,5-8,10,12-18,20,36-37H2,1-2H3,(H2,38,46)(H,40,48)(H,41,45)(H,42,47). The Morgan fingerprint density at radius 1 is 0.940 bits per heavy atom. The van der Waals surface area contributed by atoms with Gasteiger partial charge in [0.1, 0.15) is 24.2 Å². The van der Waals surface area contributed by atoms with Crippen LogP contribution < -0.4 is 33.2 Å². The quantitative estimate of drug-likeness (QED) is 0.109. The fourth-order valence-electron chi connectivity index (χ4n) is 6.88. The lowest BCUT2D eigenvalue weighted by Gasteiger charge is -2.32. The molecule has 2 aliphatic heterocycles. The topological polar surface area (TPSA) is 239 Å². The number of hydrogen-bond donors (Lipinski definition) is 7. The number of hydrogen-bond acceptors (Lipinski definition) is 8. The Labute approximate surface area is 292 Å². The maximum atomic E-state index is 13.7. The van der Waals surface area contributed by atoms with Crippen LogP contribution in [0.2, 0.25) is 0 Å². The summed E-state index contributed by atoms with van der Waals surface area (Å²) in [5.74, 6) is -2.91. The van der Waals surface area contributed by atoms with Crippen molar-refractivity contribution in [2.75, 3.05) is 26.2 Å². The van der Waals surface area contributed by atoms with Gasteiger partial charge in [0.2, 0.25) is 35.4 Å². The number of nitrogens with one attached hydrogen (secondary N) is 4. The zero-order valence-corrected chi connectivity index (χ0v) is 29.1. The van der Waals surface area contributed by atoms with Gasteiger partial charge in [0.25, 0.3) is 0 Å². The third kappa shape index (κ3) is 9.81. The van der Waals surface area contributed by atoms with Gasteiger partial charge >= 0.3 is 0 Å². The van der Waals surface area contributed by atoms with E-state index < -0.39 is 60.4 Å². The van der Waals surface area contributed by atoms with Crippen molar-refractivity contribution in [2.24, 2.45) is 23.1 Å². The number of aromatic amines is 1. The number of fused-ring (bicyclic) bond motifs is 1. The minimum absolute atomic E-state index is 0.0156. The predicted molar refractivity (Wildman–Crippen MR) is 188 cm³/mol. The van der Waals surface area contributed by atoms with Crippen molar-refractivity contribution in [1.29, 1.82) is 0 Å². The Kier molecular flexibility index (Phi) is 13.7. The van der Waals surface area contributed by atoms with E-state index in [9.17, 15) is 28.8 Å². The Morgan fingerprint density at radius 3 is 2.34 bits per heavy atom. The lowest BCUT2D eigenvalue weighted by atomic mass is 10.0. The van der Waals surface area contributed by atoms with Crippen LogP contribution in [0.5, 0.6) is 0 Å². The molecule has 0 spiro atoms. The van der Waals surface area contributed by atoms with Crippen LogP contribution in [-0.4, -0.2) is 107 Å². The molecule has 15 nitrogen and oxygen atoms in total. The lowest BCUT2D eigenvalue weighted by molar-refractivity contribution is -0.147. The molecule has 1 aromatic heterocycles. The zero-order chi connectivity index (χ0) is 36.4. The summed E-state index contributed by atoms with van der Waals surface area (Å²) in [7, 11) is 0. The first-order chi connectivity index (χ1) is 23.9. The smallest absolute Gasteiger partial charge is 0.246 e. The average Bonchev–Trinajstić information content (AvgIpc) is 3.86. The molecular formula is C35H53N9O6. The number of nitrogens with two attached hydrogens (primary N) is 3. The second-order valence-corrected chi connectivity index (χ2v) is 13.8. The highest BCUT2D eigenvalue weighted by Gasteiger charge is 2.43. The van der Waals surface area contributed by atoms with Crippen molar-refractivity contribution < 1.29 is 28.8 Å². The van der Waals surface area contributed by atoms with Crippen LogP contribution in [0, 0.1) is 5.92 Å². The summed E-state index contributed by atoms with van der Waals surface area (Å²) < 4.78 is 0. The van der Waals surface area contributed by atoms with Crippen molar-refractivity contribution in [1.82, 2.24) is 30.7 Å². The molecule has 0 aliphatic carbocycles. The second-order valence-electron chi connectivity index (χ2n) is 13.8. The number of amides is 6. The molecule has 15 heteroatoms. The van der Waals surface area contributed by atoms with Crippen LogP contribution in [0.15, 0.2) is 30.5 Å². The van der Waals surface area contributed by atoms with E-state index in [1.807, 2.05) is 38.1 Å². The highest BCUT2D eigenvalue weighted by Crippen LogP contribution is 2.26. The predicted octanol–water partition coefficient (Wildman–Crippen LogP) is -0.234. The molecule has 0 radical (unpaired) electrons. The molecule has 10 N–H and O–H groups in total. The molecule has 2 aliphatic rings. The van der Waals surface area contributed by atoms with Crippen LogP contribution in [0.3, 0.4) is 0 Å². The van der Waals surface area contributed by atoms with Crippen LogP contribution >= 0.6 is 0 Å². The Morgan fingerprint density at radius 2 is 1.64 bits per heavy atom. The number of carbonyl (C=O) groups excluding carboxylic acids is 6. The Hall–Kier alpha value is -4.50. The highest BCUT2D eigenvalue weighted by atomic mass is 16.2. The van der Waals surface area contributed by atoms with Crippen LogP contribution in [0.4, 0.5) is 0 Å². The van der Waals surface area contributed by atoms with Gasteiger partial charge in [0.05, 0.1) is 12.6 Å². The SMILES string of the molecule is CC(C)CC(NC(=O)CNC(=O)C1CCCN1C(=O)C1CCCN1C(=O)C(N)CCCCN)C(=O)NC(Cc1c[nH]c2ccccc12)C(N)=O. The maximum absolute atomic E-state index is 13.7. The van der Waals surface area contributed by atoms with Gasteiger partial charge in [0, 0.05) is 36.6 Å². The molecule has 2 fully saturated rings. The summed E-state index contributed by atoms with van der Waals surface area (Å²) in [5, 5.41) is 8.91. The second kappa shape index (κ2) is 17.9. The average molecular weight is 696 g/mol. The first-order valence-electron chi connectivity index (χ1n) is 17.7. The zero-order valence-electron chi connectivity index (χ0n) is 29.1. The Bertz CT molecular complexity index is 1530. The maximum Gasteiger partial charge on any atom is 0.246 e. The monoisotopic (exact) mass is 695 g/mol. The number of H-pyrrole nitrogens is 1. The van der Waals surface area contributed by atoms with E-state index in [1.165, 1.54) is 4.90 Å². The first kappa shape index (κ1) is 38.3. The van der Waals surface area contributed by atoms with Gasteiger partial charge in [-0.15, -0.1) is 0 Å². The van der Waals surface area contributed by atoms with Gasteiger partial charge in [0.15, 0.2) is 0 Å². The van der Waals surface area contributed by atoms with Crippen molar-refractivity contribution in [3.8, 4) is 0 Å². The van der Waals surface area contributed by atoms with Crippen molar-refractivity contribution in [3.63, 3.8) is 0 Å². The molecular weight excluding hydrogens is 642 g/mol. The summed E-state index contributed by atoms with van der Waals surface area (Å²) in [4.78, 5) is 85.0. The third-order valence-electron chi connectivity index (χ3n) is 9.49. The molecule has 50 heavy (non-hydrogen) atoms. The molecule has 5 atom stereocenters. The molecule has 1 aromatic carbocycles. The van der Waals surface area contributed by atoms with Crippen LogP contribution in [0.25, 0.3) is 10.9 Å². The molecule has 5 unspecified atom stereocenters. The molecule has 0 bridgehead atoms. The van der Waals surface area contributed by atoms with E-state index in [0.29, 0.717) is 51.7 Å². The largest absolute Gasteiger partial charge is 0.368 e. The van der Waals surface area contributed by atoms with Gasteiger partial charge in [-0.1, -0.05) is 38.5 Å². The van der Waals surface area contributed by atoms with E-state index in [1.54, 1.807) is 11.1 Å². The summed E-state index contributed by atoms with van der Waals surface area (Å²) in [6.07, 6.45) is 6.36. The van der Waals surface area contributed by atoms with Crippen molar-refractivity contribution in [2.45, 2.75) is 102 Å². The Balaban J connectivity index is 1.32. The molecule has 3 heterocycles. The summed E-state index contributed by atoms with van der Waals surface area (Å²) in [6.45, 7) is 4.68. The van der Waals surface area contributed by atoms with E-state index in [-0.39, 0.29) is 30.6 Å². The number of likely N-dealkylation sites (tertiary alicyclic amines) is 2. The summed E-state index contributed by atoms with van der Waals surface area (Å²) >= 11 is 0. The number of rotatable bonds is 17. The number of para-hydroxylation sites is 1. The number of primary amides is 1. The molecule has 4 rings (SSSR count). The molecule has 274 valence electrons. The fraction of sp³-hybridized carbons (Fsp3) is 0.600. The molecule has 0 saturated carbocycles. The normalized spacial score (nSPS) is 19.3. The minimum atomic E-state index is -1.02. The van der Waals surface area contributed by atoms with E-state index >= 15 is 0 Å². The third-order valence-corrected chi connectivity index (χ3v) is 9.49. The van der Waals surface area contributed by atoms with Gasteiger partial charge in [-0.25, -0.2) is 0 Å². The number of aromatic nitrogens is 1. The molecule has 2 saturated heterocycles. The molecule has 6 amide bonds. The van der Waals surface area contributed by atoms with Gasteiger partial charge in [-0.2, -0.15) is 0 Å². The van der Waals surface area contributed by atoms with E-state index in [2.05, 4.69) is 20.9 Å². The number of benzene rings is 1. The van der Waals surface area contributed by atoms with Gasteiger partial charge < -0.3 is 47.9 Å². The van der Waals surface area contributed by atoms with Crippen molar-refractivity contribution in [3.05, 3.63) is 36.0 Å². The molecule has 2 aromatic rings. The number of carbonyl (C=O) groups is 6. The van der Waals surface area contributed by atoms with E-state index in [4.69, 9.17) is 17.2 Å². The summed E-state index contributed by atoms with van der Waals surface area (Å²) in [5.41, 5.74) is 19.1. The van der Waals surface area contributed by atoms with Crippen molar-refractivity contribution >= 4 is 46.3 Å². The number of nitrogens with zero attached hydrogens (tertiary/aromatic N) is 2.